The van der Waals surface area contributed by atoms with E-state index in [1.165, 1.54) is 42.6 Å². The van der Waals surface area contributed by atoms with E-state index in [0.717, 1.165) is 12.1 Å². The van der Waals surface area contributed by atoms with Crippen LogP contribution in [0.4, 0.5) is 24.8 Å². The highest BCUT2D eigenvalue weighted by Gasteiger charge is 2.34. The third kappa shape index (κ3) is 4.18. The van der Waals surface area contributed by atoms with Gasteiger partial charge in [-0.2, -0.15) is 13.2 Å². The summed E-state index contributed by atoms with van der Waals surface area (Å²) in [4.78, 5) is 7.51. The minimum absolute atomic E-state index is 0.00765. The Labute approximate surface area is 163 Å². The molecule has 0 aliphatic heterocycles. The van der Waals surface area contributed by atoms with Gasteiger partial charge in [-0.1, -0.05) is 29.8 Å². The number of nitrogens with one attached hydrogen (secondary N) is 1. The summed E-state index contributed by atoms with van der Waals surface area (Å²) >= 11 is 6.03. The van der Waals surface area contributed by atoms with Gasteiger partial charge in [0.25, 0.3) is 10.0 Å². The maximum atomic E-state index is 13.3. The molecule has 1 aromatic carbocycles. The van der Waals surface area contributed by atoms with Gasteiger partial charge in [-0.25, -0.2) is 18.4 Å². The summed E-state index contributed by atoms with van der Waals surface area (Å²) in [6, 6.07) is 9.59. The molecule has 0 bridgehead atoms. The summed E-state index contributed by atoms with van der Waals surface area (Å²) in [7, 11) is -4.08. The molecule has 0 fully saturated rings. The third-order valence-corrected chi connectivity index (χ3v) is 5.29. The van der Waals surface area contributed by atoms with Gasteiger partial charge in [0.05, 0.1) is 21.2 Å². The van der Waals surface area contributed by atoms with Crippen LogP contribution < -0.4 is 10.5 Å². The maximum Gasteiger partial charge on any atom is 0.417 e. The molecular weight excluding hydrogens is 417 g/mol. The summed E-state index contributed by atoms with van der Waals surface area (Å²) in [5.41, 5.74) is 4.07. The van der Waals surface area contributed by atoms with E-state index < -0.39 is 21.8 Å². The molecule has 6 nitrogen and oxygen atoms in total. The first kappa shape index (κ1) is 19.9. The number of halogens is 4. The van der Waals surface area contributed by atoms with Gasteiger partial charge in [0.1, 0.15) is 11.6 Å². The molecule has 0 spiro atoms. The van der Waals surface area contributed by atoms with Crippen LogP contribution in [-0.4, -0.2) is 18.4 Å². The molecular formula is C17H12ClF3N4O2S. The molecule has 2 heterocycles. The molecule has 0 amide bonds. The van der Waals surface area contributed by atoms with Crippen LogP contribution in [0.15, 0.2) is 59.6 Å². The topological polar surface area (TPSA) is 98.0 Å². The molecule has 11 heteroatoms. The Hall–Kier alpha value is -2.85. The average Bonchev–Trinajstić information content (AvgIpc) is 2.62. The molecule has 3 rings (SSSR count). The van der Waals surface area contributed by atoms with Crippen molar-refractivity contribution in [2.24, 2.45) is 0 Å². The van der Waals surface area contributed by atoms with Crippen LogP contribution in [0, 0.1) is 0 Å². The van der Waals surface area contributed by atoms with Crippen molar-refractivity contribution >= 4 is 33.3 Å². The smallest absolute Gasteiger partial charge is 0.384 e. The summed E-state index contributed by atoms with van der Waals surface area (Å²) in [5, 5.41) is -0.0622. The molecule has 0 radical (unpaired) electrons. The number of nitrogen functional groups attached to an aromatic ring is 1. The minimum Gasteiger partial charge on any atom is -0.384 e. The molecule has 0 aliphatic rings. The average molecular weight is 429 g/mol. The Bertz CT molecular complexity index is 1140. The van der Waals surface area contributed by atoms with Gasteiger partial charge >= 0.3 is 6.18 Å². The van der Waals surface area contributed by atoms with Crippen molar-refractivity contribution in [2.45, 2.75) is 11.1 Å². The molecule has 2 aromatic heterocycles. The Morgan fingerprint density at radius 2 is 1.79 bits per heavy atom. The summed E-state index contributed by atoms with van der Waals surface area (Å²) in [6.07, 6.45) is -3.42. The monoisotopic (exact) mass is 428 g/mol. The van der Waals surface area contributed by atoms with Crippen molar-refractivity contribution in [3.63, 3.8) is 0 Å². The number of aromatic nitrogens is 2. The van der Waals surface area contributed by atoms with Crippen LogP contribution in [0.25, 0.3) is 11.3 Å². The van der Waals surface area contributed by atoms with Gasteiger partial charge in [-0.3, -0.25) is 4.72 Å². The number of nitrogens with two attached hydrogens (primary N) is 1. The summed E-state index contributed by atoms with van der Waals surface area (Å²) in [5.74, 6) is -0.210. The number of benzene rings is 1. The van der Waals surface area contributed by atoms with E-state index in [1.54, 1.807) is 0 Å². The molecule has 0 atom stereocenters. The van der Waals surface area contributed by atoms with E-state index in [0.29, 0.717) is 0 Å². The fourth-order valence-corrected chi connectivity index (χ4v) is 3.65. The third-order valence-electron chi connectivity index (χ3n) is 3.64. The highest BCUT2D eigenvalue weighted by molar-refractivity contribution is 7.92. The fourth-order valence-electron chi connectivity index (χ4n) is 2.42. The second-order valence-electron chi connectivity index (χ2n) is 5.59. The van der Waals surface area contributed by atoms with Gasteiger partial charge < -0.3 is 5.73 Å². The number of rotatable bonds is 4. The van der Waals surface area contributed by atoms with Crippen LogP contribution in [-0.2, 0) is 16.2 Å². The van der Waals surface area contributed by atoms with Crippen molar-refractivity contribution in [1.82, 2.24) is 9.97 Å². The van der Waals surface area contributed by atoms with Crippen LogP contribution in [0.1, 0.15) is 5.56 Å². The standard InChI is InChI=1S/C17H12ClF3N4O2S/c18-13-5-6-15(25-28(26,27)10-7-8-23-14(22)9-10)24-16(13)11-3-1-2-4-12(11)17(19,20)21/h1-9H,(H2,22,23)(H,24,25). The van der Waals surface area contributed by atoms with Crippen molar-refractivity contribution in [1.29, 1.82) is 0 Å². The molecule has 28 heavy (non-hydrogen) atoms. The van der Waals surface area contributed by atoms with Crippen LogP contribution in [0.2, 0.25) is 5.02 Å². The van der Waals surface area contributed by atoms with Crippen molar-refractivity contribution in [3.05, 3.63) is 65.3 Å². The van der Waals surface area contributed by atoms with Crippen molar-refractivity contribution < 1.29 is 21.6 Å². The second-order valence-corrected chi connectivity index (χ2v) is 7.68. The zero-order valence-electron chi connectivity index (χ0n) is 13.9. The summed E-state index contributed by atoms with van der Waals surface area (Å²) < 4.78 is 67.0. The van der Waals surface area contributed by atoms with Gasteiger partial charge in [-0.15, -0.1) is 0 Å². The Morgan fingerprint density at radius 3 is 2.46 bits per heavy atom. The first-order valence-electron chi connectivity index (χ1n) is 7.65. The highest BCUT2D eigenvalue weighted by Crippen LogP contribution is 2.39. The Balaban J connectivity index is 2.04. The van der Waals surface area contributed by atoms with Gasteiger partial charge in [0.2, 0.25) is 0 Å². The normalized spacial score (nSPS) is 12.0. The zero-order chi connectivity index (χ0) is 20.5. The molecule has 0 saturated heterocycles. The summed E-state index contributed by atoms with van der Waals surface area (Å²) in [6.45, 7) is 0. The first-order chi connectivity index (χ1) is 13.1. The Morgan fingerprint density at radius 1 is 1.07 bits per heavy atom. The van der Waals surface area contributed by atoms with Crippen LogP contribution in [0.3, 0.4) is 0 Å². The lowest BCUT2D eigenvalue weighted by atomic mass is 10.0. The van der Waals surface area contributed by atoms with E-state index in [-0.39, 0.29) is 32.8 Å². The predicted molar refractivity (Wildman–Crippen MR) is 99.1 cm³/mol. The maximum absolute atomic E-state index is 13.3. The van der Waals surface area contributed by atoms with Crippen molar-refractivity contribution in [3.8, 4) is 11.3 Å². The minimum atomic E-state index is -4.63. The fraction of sp³-hybridized carbons (Fsp3) is 0.0588. The molecule has 0 saturated carbocycles. The van der Waals surface area contributed by atoms with E-state index >= 15 is 0 Å². The van der Waals surface area contributed by atoms with Gasteiger partial charge in [-0.05, 0) is 24.3 Å². The van der Waals surface area contributed by atoms with Gasteiger partial charge in [0, 0.05) is 17.8 Å². The molecule has 0 aliphatic carbocycles. The number of hydrogen-bond acceptors (Lipinski definition) is 5. The molecule has 146 valence electrons. The predicted octanol–water partition coefficient (Wildman–Crippen LogP) is 4.20. The van der Waals surface area contributed by atoms with E-state index in [1.807, 2.05) is 0 Å². The Kier molecular flexibility index (Phi) is 5.18. The zero-order valence-corrected chi connectivity index (χ0v) is 15.5. The lowest BCUT2D eigenvalue weighted by molar-refractivity contribution is -0.137. The number of alkyl halides is 3. The van der Waals surface area contributed by atoms with E-state index in [9.17, 15) is 21.6 Å². The number of nitrogens with zero attached hydrogens (tertiary/aromatic N) is 2. The number of hydrogen-bond donors (Lipinski definition) is 2. The quantitative estimate of drug-likeness (QED) is 0.649. The van der Waals surface area contributed by atoms with Crippen LogP contribution >= 0.6 is 11.6 Å². The van der Waals surface area contributed by atoms with E-state index in [4.69, 9.17) is 17.3 Å². The van der Waals surface area contributed by atoms with Crippen LogP contribution in [0.5, 0.6) is 0 Å². The van der Waals surface area contributed by atoms with E-state index in [2.05, 4.69) is 14.7 Å². The number of pyridine rings is 2. The lowest BCUT2D eigenvalue weighted by Gasteiger charge is -2.14. The number of sulfonamides is 1. The first-order valence-corrected chi connectivity index (χ1v) is 9.51. The second kappa shape index (κ2) is 7.28. The highest BCUT2D eigenvalue weighted by atomic mass is 35.5. The SMILES string of the molecule is Nc1cc(S(=O)(=O)Nc2ccc(Cl)c(-c3ccccc3C(F)(F)F)n2)ccn1. The van der Waals surface area contributed by atoms with Gasteiger partial charge in [0.15, 0.2) is 0 Å². The molecule has 3 N–H and O–H groups in total. The lowest BCUT2D eigenvalue weighted by Crippen LogP contribution is -2.15. The molecule has 3 aromatic rings. The van der Waals surface area contributed by atoms with Crippen molar-refractivity contribution in [2.75, 3.05) is 10.5 Å². The molecule has 0 unspecified atom stereocenters. The largest absolute Gasteiger partial charge is 0.417 e. The number of anilines is 2.